The van der Waals surface area contributed by atoms with Gasteiger partial charge in [-0.1, -0.05) is 122 Å². The van der Waals surface area contributed by atoms with Crippen LogP contribution in [-0.4, -0.2) is 86.3 Å². The molecule has 2 saturated heterocycles. The van der Waals surface area contributed by atoms with E-state index in [4.69, 9.17) is 37.3 Å². The summed E-state index contributed by atoms with van der Waals surface area (Å²) in [7, 11) is -1.08. The van der Waals surface area contributed by atoms with Crippen molar-refractivity contribution < 1.29 is 42.1 Å². The summed E-state index contributed by atoms with van der Waals surface area (Å²) < 4.78 is 53.0. The molecule has 4 rings (SSSR count). The molecule has 0 aliphatic carbocycles. The van der Waals surface area contributed by atoms with Crippen LogP contribution in [0.15, 0.2) is 72.3 Å². The number of ether oxygens (including phenoxy) is 6. The molecule has 0 spiro atoms. The smallest absolute Gasteiger partial charge is 0.330 e. The van der Waals surface area contributed by atoms with Crippen LogP contribution in [0, 0.1) is 5.41 Å². The van der Waals surface area contributed by atoms with Gasteiger partial charge in [0.25, 0.3) is 0 Å². The molecule has 0 unspecified atom stereocenters. The zero-order chi connectivity index (χ0) is 43.7. The van der Waals surface area contributed by atoms with Crippen molar-refractivity contribution in [2.75, 3.05) is 27.4 Å². The minimum atomic E-state index is -2.17. The van der Waals surface area contributed by atoms with Gasteiger partial charge >= 0.3 is 5.97 Å². The Morgan fingerprint density at radius 3 is 1.97 bits per heavy atom. The highest BCUT2D eigenvalue weighted by atomic mass is 28.4. The van der Waals surface area contributed by atoms with Crippen LogP contribution >= 0.6 is 0 Å². The molecule has 0 aromatic heterocycles. The minimum Gasteiger partial charge on any atom is -0.466 e. The summed E-state index contributed by atoms with van der Waals surface area (Å²) in [4.78, 5) is 12.6. The van der Waals surface area contributed by atoms with E-state index in [1.165, 1.54) is 7.11 Å². The summed E-state index contributed by atoms with van der Waals surface area (Å²) in [6, 6.07) is 20.6. The molecule has 6 atom stereocenters. The first-order chi connectivity index (χ1) is 27.5. The van der Waals surface area contributed by atoms with Crippen molar-refractivity contribution in [1.29, 1.82) is 0 Å². The third kappa shape index (κ3) is 13.6. The lowest BCUT2D eigenvalue weighted by Gasteiger charge is -2.56. The normalized spacial score (nSPS) is 25.5. The Bertz CT molecular complexity index is 1620. The van der Waals surface area contributed by atoms with Crippen molar-refractivity contribution in [1.82, 2.24) is 0 Å². The first-order valence-electron chi connectivity index (χ1n) is 21.8. The molecule has 332 valence electrons. The second-order valence-electron chi connectivity index (χ2n) is 20.4. The van der Waals surface area contributed by atoms with Crippen molar-refractivity contribution in [2.24, 2.45) is 5.41 Å². The van der Waals surface area contributed by atoms with Crippen LogP contribution < -0.4 is 0 Å². The predicted molar refractivity (Wildman–Crippen MR) is 241 cm³/mol. The van der Waals surface area contributed by atoms with Gasteiger partial charge in [-0.25, -0.2) is 4.79 Å². The number of carbonyl (C=O) groups is 1. The fourth-order valence-corrected chi connectivity index (χ4v) is 10.1. The van der Waals surface area contributed by atoms with E-state index >= 15 is 0 Å². The number of esters is 1. The van der Waals surface area contributed by atoms with Crippen LogP contribution in [0.5, 0.6) is 0 Å². The average Bonchev–Trinajstić information content (AvgIpc) is 3.16. The van der Waals surface area contributed by atoms with Gasteiger partial charge in [-0.05, 0) is 73.1 Å². The van der Waals surface area contributed by atoms with Gasteiger partial charge in [0.1, 0.15) is 0 Å². The fourth-order valence-electron chi connectivity index (χ4n) is 7.65. The highest BCUT2D eigenvalue weighted by Crippen LogP contribution is 2.51. The van der Waals surface area contributed by atoms with E-state index in [9.17, 15) is 4.79 Å². The van der Waals surface area contributed by atoms with Crippen molar-refractivity contribution in [2.45, 2.75) is 180 Å². The summed E-state index contributed by atoms with van der Waals surface area (Å²) in [5.74, 6) is -1.46. The van der Waals surface area contributed by atoms with Crippen molar-refractivity contribution >= 4 is 22.6 Å². The Morgan fingerprint density at radius 2 is 1.41 bits per heavy atom. The molecule has 2 aliphatic heterocycles. The Labute approximate surface area is 359 Å². The highest BCUT2D eigenvalue weighted by Gasteiger charge is 2.58. The van der Waals surface area contributed by atoms with Gasteiger partial charge < -0.3 is 37.3 Å². The Kier molecular flexibility index (Phi) is 17.4. The molecule has 0 radical (unpaired) electrons. The third-order valence-corrected chi connectivity index (χ3v) is 22.6. The van der Waals surface area contributed by atoms with Crippen LogP contribution in [0.3, 0.4) is 0 Å². The van der Waals surface area contributed by atoms with E-state index in [0.29, 0.717) is 58.5 Å². The van der Waals surface area contributed by atoms with Gasteiger partial charge in [0.2, 0.25) is 0 Å². The van der Waals surface area contributed by atoms with E-state index in [1.54, 1.807) is 13.2 Å². The summed E-state index contributed by atoms with van der Waals surface area (Å²) in [6.07, 6.45) is 4.17. The van der Waals surface area contributed by atoms with Crippen LogP contribution in [0.2, 0.25) is 36.3 Å². The molecular weight excluding hydrogens is 777 g/mol. The second kappa shape index (κ2) is 20.8. The third-order valence-electron chi connectivity index (χ3n) is 13.6. The molecule has 2 aromatic rings. The molecule has 2 aromatic carbocycles. The van der Waals surface area contributed by atoms with E-state index in [1.807, 2.05) is 36.4 Å². The minimum absolute atomic E-state index is 0.0295. The number of hydrogen-bond donors (Lipinski definition) is 0. The molecule has 59 heavy (non-hydrogen) atoms. The molecule has 0 N–H and O–H groups in total. The predicted octanol–water partition coefficient (Wildman–Crippen LogP) is 11.2. The summed E-state index contributed by atoms with van der Waals surface area (Å²) in [5.41, 5.74) is 2.64. The van der Waals surface area contributed by atoms with E-state index in [-0.39, 0.29) is 46.6 Å². The quantitative estimate of drug-likeness (QED) is 0.0593. The maximum Gasteiger partial charge on any atom is 0.330 e. The molecule has 2 aliphatic rings. The topological polar surface area (TPSA) is 90.9 Å². The highest BCUT2D eigenvalue weighted by molar-refractivity contribution is 6.74. The number of carbonyl (C=O) groups excluding carboxylic acids is 1. The van der Waals surface area contributed by atoms with Crippen molar-refractivity contribution in [3.63, 3.8) is 0 Å². The number of rotatable bonds is 19. The Hall–Kier alpha value is -2.20. The lowest BCUT2D eigenvalue weighted by molar-refractivity contribution is -0.363. The first-order valence-corrected chi connectivity index (χ1v) is 27.6. The lowest BCUT2D eigenvalue weighted by atomic mass is 9.70. The van der Waals surface area contributed by atoms with Crippen LogP contribution in [0.4, 0.5) is 0 Å². The van der Waals surface area contributed by atoms with Gasteiger partial charge in [-0.2, -0.15) is 0 Å². The van der Waals surface area contributed by atoms with E-state index in [2.05, 4.69) is 106 Å². The second-order valence-corrected chi connectivity index (χ2v) is 30.0. The van der Waals surface area contributed by atoms with E-state index < -0.39 is 27.8 Å². The number of benzene rings is 2. The molecule has 0 amide bonds. The van der Waals surface area contributed by atoms with E-state index in [0.717, 1.165) is 23.1 Å². The summed E-state index contributed by atoms with van der Waals surface area (Å²) in [5, 5.41) is 0.0809. The standard InChI is InChI=1S/C48H78O9Si2/c1-45(2,3)58(11,12)54-35-42-28-38(29-44(49)50-9)27-41(55-42)32-48(51-10)47(7,8)43(53-34-37-23-19-16-20-24-37)31-40(56-48)30-39(57-59(13,14)46(4,5)6)25-26-52-33-36-21-17-15-18-22-36/h15-24,29,39-43H,25-28,30-35H2,1-14H3/b38-29+/t39-,40+,41-,42+,43-,48-/m0/s1. The molecule has 2 fully saturated rings. The summed E-state index contributed by atoms with van der Waals surface area (Å²) in [6.45, 7) is 29.1. The van der Waals surface area contributed by atoms with Gasteiger partial charge in [-0.3, -0.25) is 0 Å². The van der Waals surface area contributed by atoms with Crippen LogP contribution in [0.1, 0.15) is 105 Å². The molecule has 0 bridgehead atoms. The Morgan fingerprint density at radius 1 is 0.831 bits per heavy atom. The fraction of sp³-hybridized carbons (Fsp3) is 0.688. The van der Waals surface area contributed by atoms with Crippen molar-refractivity contribution in [3.8, 4) is 0 Å². The van der Waals surface area contributed by atoms with Gasteiger partial charge in [0.15, 0.2) is 22.4 Å². The molecular formula is C48H78O9Si2. The average molecular weight is 855 g/mol. The largest absolute Gasteiger partial charge is 0.466 e. The van der Waals surface area contributed by atoms with Gasteiger partial charge in [0, 0.05) is 44.2 Å². The molecule has 0 saturated carbocycles. The summed E-state index contributed by atoms with van der Waals surface area (Å²) >= 11 is 0. The molecule has 2 heterocycles. The zero-order valence-corrected chi connectivity index (χ0v) is 41.0. The lowest BCUT2D eigenvalue weighted by Crippen LogP contribution is -2.63. The van der Waals surface area contributed by atoms with Crippen LogP contribution in [0.25, 0.3) is 0 Å². The monoisotopic (exact) mass is 855 g/mol. The van der Waals surface area contributed by atoms with Gasteiger partial charge in [-0.15, -0.1) is 0 Å². The van der Waals surface area contributed by atoms with Crippen LogP contribution in [-0.2, 0) is 55.3 Å². The Balaban J connectivity index is 1.66. The van der Waals surface area contributed by atoms with Crippen molar-refractivity contribution in [3.05, 3.63) is 83.4 Å². The maximum atomic E-state index is 12.6. The van der Waals surface area contributed by atoms with Gasteiger partial charge in [0.05, 0.1) is 51.3 Å². The SMILES string of the molecule is COC(=O)/C=C1/C[C@H](CO[Si](C)(C)C(C)(C)C)O[C@H](C[C@]2(OC)O[C@H](C[C@H](CCOCc3ccccc3)O[Si](C)(C)C(C)(C)C)C[C@H](OCc3ccccc3)C2(C)C)C1. The molecule has 9 nitrogen and oxygen atoms in total. The molecule has 11 heteroatoms. The number of methoxy groups -OCH3 is 2. The number of hydrogen-bond acceptors (Lipinski definition) is 9. The zero-order valence-electron chi connectivity index (χ0n) is 39.0. The first kappa shape index (κ1) is 49.5. The maximum absolute atomic E-state index is 12.6.